The molecule has 0 radical (unpaired) electrons. The Morgan fingerprint density at radius 1 is 1.16 bits per heavy atom. The number of halogens is 3. The second-order valence-corrected chi connectivity index (χ2v) is 8.00. The molecule has 0 aliphatic heterocycles. The summed E-state index contributed by atoms with van der Waals surface area (Å²) in [4.78, 5) is 8.58. The van der Waals surface area contributed by atoms with E-state index in [4.69, 9.17) is 0 Å². The minimum absolute atomic E-state index is 0.0169. The highest BCUT2D eigenvalue weighted by molar-refractivity contribution is 5.93. The van der Waals surface area contributed by atoms with Gasteiger partial charge in [0, 0.05) is 17.3 Å². The topological polar surface area (TPSA) is 68.0 Å². The van der Waals surface area contributed by atoms with Crippen LogP contribution in [0.15, 0.2) is 36.5 Å². The van der Waals surface area contributed by atoms with Crippen molar-refractivity contribution in [2.45, 2.75) is 33.6 Å². The van der Waals surface area contributed by atoms with E-state index < -0.39 is 18.7 Å². The number of anilines is 2. The van der Waals surface area contributed by atoms with Crippen LogP contribution in [0.1, 0.15) is 32.3 Å². The molecule has 0 aliphatic rings. The van der Waals surface area contributed by atoms with Crippen molar-refractivity contribution in [2.75, 3.05) is 5.32 Å². The Morgan fingerprint density at radius 3 is 2.71 bits per heavy atom. The van der Waals surface area contributed by atoms with Gasteiger partial charge in [-0.3, -0.25) is 4.40 Å². The number of rotatable bonds is 4. The van der Waals surface area contributed by atoms with Crippen LogP contribution in [0.3, 0.4) is 0 Å². The molecule has 1 aromatic carbocycles. The van der Waals surface area contributed by atoms with Gasteiger partial charge in [0.25, 0.3) is 5.78 Å². The van der Waals surface area contributed by atoms with Gasteiger partial charge in [0.1, 0.15) is 23.2 Å². The lowest BCUT2D eigenvalue weighted by Gasteiger charge is -2.12. The summed E-state index contributed by atoms with van der Waals surface area (Å²) in [6.45, 7) is 5.99. The maximum Gasteiger partial charge on any atom is 0.257 e. The van der Waals surface area contributed by atoms with Gasteiger partial charge in [-0.1, -0.05) is 12.0 Å². The van der Waals surface area contributed by atoms with Gasteiger partial charge < -0.3 is 5.32 Å². The van der Waals surface area contributed by atoms with Gasteiger partial charge in [0.05, 0.1) is 17.3 Å². The molecule has 0 atom stereocenters. The van der Waals surface area contributed by atoms with Gasteiger partial charge in [-0.15, -0.1) is 10.2 Å². The molecule has 0 saturated carbocycles. The molecule has 0 fully saturated rings. The summed E-state index contributed by atoms with van der Waals surface area (Å²) in [5.41, 5.74) is 1.31. The van der Waals surface area contributed by atoms with Gasteiger partial charge >= 0.3 is 0 Å². The van der Waals surface area contributed by atoms with Crippen molar-refractivity contribution in [2.24, 2.45) is 5.41 Å². The summed E-state index contributed by atoms with van der Waals surface area (Å²) in [6, 6.07) is 7.82. The average molecular weight is 424 g/mol. The summed E-state index contributed by atoms with van der Waals surface area (Å²) < 4.78 is 42.0. The molecule has 31 heavy (non-hydrogen) atoms. The Hall–Kier alpha value is -3.67. The highest BCUT2D eigenvalue weighted by Crippen LogP contribution is 2.29. The third kappa shape index (κ3) is 4.43. The second-order valence-electron chi connectivity index (χ2n) is 8.00. The standard InChI is InChI=1S/C22H19F3N6/c1-22(2,3)9-7-13-11-14(8-10-26-13)27-20-19-15(23)5-4-6-16(19)31-18(12-17(24)25)29-30-21(31)28-20/h4-6,8,10-11,17H,12H2,1-3H3,(H,26,27,28,30). The van der Waals surface area contributed by atoms with Crippen molar-refractivity contribution in [1.82, 2.24) is 24.6 Å². The van der Waals surface area contributed by atoms with Crippen molar-refractivity contribution in [3.8, 4) is 11.8 Å². The molecule has 0 aliphatic carbocycles. The quantitative estimate of drug-likeness (QED) is 0.479. The van der Waals surface area contributed by atoms with E-state index in [2.05, 4.69) is 37.3 Å². The van der Waals surface area contributed by atoms with Gasteiger partial charge in [-0.05, 0) is 51.0 Å². The van der Waals surface area contributed by atoms with Crippen molar-refractivity contribution in [3.05, 3.63) is 53.9 Å². The van der Waals surface area contributed by atoms with Crippen LogP contribution in [-0.4, -0.2) is 31.0 Å². The first-order chi connectivity index (χ1) is 14.7. The Kier molecular flexibility index (Phi) is 5.23. The SMILES string of the molecule is CC(C)(C)C#Cc1cc(Nc2nc3nnc(CC(F)F)n3c3cccc(F)c23)ccn1. The largest absolute Gasteiger partial charge is 0.339 e. The molecule has 6 nitrogen and oxygen atoms in total. The second kappa shape index (κ2) is 7.87. The predicted molar refractivity (Wildman–Crippen MR) is 112 cm³/mol. The lowest BCUT2D eigenvalue weighted by atomic mass is 9.98. The van der Waals surface area contributed by atoms with Crippen LogP contribution in [0.4, 0.5) is 24.7 Å². The first kappa shape index (κ1) is 20.6. The number of hydrogen-bond acceptors (Lipinski definition) is 5. The van der Waals surface area contributed by atoms with Crippen LogP contribution in [0.25, 0.3) is 16.7 Å². The lowest BCUT2D eigenvalue weighted by Crippen LogP contribution is -2.06. The number of nitrogens with zero attached hydrogens (tertiary/aromatic N) is 5. The highest BCUT2D eigenvalue weighted by Gasteiger charge is 2.19. The fourth-order valence-corrected chi connectivity index (χ4v) is 3.04. The lowest BCUT2D eigenvalue weighted by molar-refractivity contribution is 0.146. The van der Waals surface area contributed by atoms with E-state index in [1.165, 1.54) is 16.5 Å². The fraction of sp³-hybridized carbons (Fsp3) is 0.273. The summed E-state index contributed by atoms with van der Waals surface area (Å²) in [7, 11) is 0. The summed E-state index contributed by atoms with van der Waals surface area (Å²) in [5.74, 6) is 5.89. The van der Waals surface area contributed by atoms with E-state index in [1.54, 1.807) is 24.4 Å². The number of pyridine rings is 1. The van der Waals surface area contributed by atoms with E-state index >= 15 is 0 Å². The first-order valence-electron chi connectivity index (χ1n) is 9.58. The molecule has 1 N–H and O–H groups in total. The molecule has 3 aromatic heterocycles. The van der Waals surface area contributed by atoms with Crippen LogP contribution < -0.4 is 5.32 Å². The minimum atomic E-state index is -2.61. The van der Waals surface area contributed by atoms with Crippen LogP contribution in [0.5, 0.6) is 0 Å². The van der Waals surface area contributed by atoms with Crippen LogP contribution in [-0.2, 0) is 6.42 Å². The first-order valence-corrected chi connectivity index (χ1v) is 9.58. The molecular weight excluding hydrogens is 405 g/mol. The van der Waals surface area contributed by atoms with Gasteiger partial charge in [0.2, 0.25) is 6.43 Å². The Labute approximate surface area is 176 Å². The molecule has 0 amide bonds. The number of fused-ring (bicyclic) bond motifs is 3. The molecule has 9 heteroatoms. The van der Waals surface area contributed by atoms with Crippen molar-refractivity contribution < 1.29 is 13.2 Å². The van der Waals surface area contributed by atoms with Crippen molar-refractivity contribution >= 4 is 28.2 Å². The number of alkyl halides is 2. The molecule has 0 bridgehead atoms. The van der Waals surface area contributed by atoms with Crippen LogP contribution in [0.2, 0.25) is 0 Å². The zero-order valence-corrected chi connectivity index (χ0v) is 17.1. The molecule has 158 valence electrons. The van der Waals surface area contributed by atoms with E-state index in [1.807, 2.05) is 20.8 Å². The Morgan fingerprint density at radius 2 is 1.97 bits per heavy atom. The smallest absolute Gasteiger partial charge is 0.257 e. The van der Waals surface area contributed by atoms with Gasteiger partial charge in [-0.2, -0.15) is 4.98 Å². The molecule has 3 heterocycles. The van der Waals surface area contributed by atoms with E-state index in [0.717, 1.165) is 0 Å². The van der Waals surface area contributed by atoms with E-state index in [-0.39, 0.29) is 28.2 Å². The predicted octanol–water partition coefficient (Wildman–Crippen LogP) is 4.76. The summed E-state index contributed by atoms with van der Waals surface area (Å²) >= 11 is 0. The number of aromatic nitrogens is 5. The Balaban J connectivity index is 1.82. The minimum Gasteiger partial charge on any atom is -0.339 e. The fourth-order valence-electron chi connectivity index (χ4n) is 3.04. The molecular formula is C22H19F3N6. The summed E-state index contributed by atoms with van der Waals surface area (Å²) in [5, 5.41) is 10.9. The van der Waals surface area contributed by atoms with E-state index in [9.17, 15) is 13.2 Å². The Bertz CT molecular complexity index is 1330. The molecule has 4 rings (SSSR count). The molecule has 0 unspecified atom stereocenters. The third-order valence-corrected chi connectivity index (χ3v) is 4.32. The molecule has 0 spiro atoms. The molecule has 4 aromatic rings. The number of nitrogens with one attached hydrogen (secondary N) is 1. The zero-order valence-electron chi connectivity index (χ0n) is 17.1. The van der Waals surface area contributed by atoms with E-state index in [0.29, 0.717) is 16.9 Å². The van der Waals surface area contributed by atoms with Gasteiger partial charge in [0.15, 0.2) is 0 Å². The van der Waals surface area contributed by atoms with Gasteiger partial charge in [-0.25, -0.2) is 18.2 Å². The van der Waals surface area contributed by atoms with Crippen molar-refractivity contribution in [1.29, 1.82) is 0 Å². The highest BCUT2D eigenvalue weighted by atomic mass is 19.3. The van der Waals surface area contributed by atoms with Crippen LogP contribution >= 0.6 is 0 Å². The van der Waals surface area contributed by atoms with Crippen molar-refractivity contribution in [3.63, 3.8) is 0 Å². The summed E-state index contributed by atoms with van der Waals surface area (Å²) in [6.07, 6.45) is -1.64. The maximum atomic E-state index is 14.8. The van der Waals surface area contributed by atoms with Crippen LogP contribution in [0, 0.1) is 23.1 Å². The number of benzene rings is 1. The maximum absolute atomic E-state index is 14.8. The molecule has 0 saturated heterocycles. The number of hydrogen-bond donors (Lipinski definition) is 1. The average Bonchev–Trinajstić information content (AvgIpc) is 3.08. The zero-order chi connectivity index (χ0) is 22.2. The normalized spacial score (nSPS) is 11.7. The monoisotopic (exact) mass is 424 g/mol. The third-order valence-electron chi connectivity index (χ3n) is 4.32.